The van der Waals surface area contributed by atoms with Crippen molar-refractivity contribution in [1.29, 1.82) is 0 Å². The lowest BCUT2D eigenvalue weighted by atomic mass is 9.99. The smallest absolute Gasteiger partial charge is 0.225 e. The van der Waals surface area contributed by atoms with Gasteiger partial charge in [-0.3, -0.25) is 4.90 Å². The van der Waals surface area contributed by atoms with Gasteiger partial charge in [0.25, 0.3) is 0 Å². The molecule has 0 spiro atoms. The zero-order valence-corrected chi connectivity index (χ0v) is 15.5. The molecule has 1 saturated heterocycles. The van der Waals surface area contributed by atoms with E-state index in [-0.39, 0.29) is 0 Å². The highest BCUT2D eigenvalue weighted by Gasteiger charge is 2.22. The molecule has 132 valence electrons. The van der Waals surface area contributed by atoms with Crippen LogP contribution in [0.2, 0.25) is 5.02 Å². The van der Waals surface area contributed by atoms with Crippen molar-refractivity contribution in [3.63, 3.8) is 0 Å². The monoisotopic (exact) mass is 356 g/mol. The summed E-state index contributed by atoms with van der Waals surface area (Å²) in [6, 6.07) is 8.10. The zero-order chi connectivity index (χ0) is 17.2. The molecule has 0 saturated carbocycles. The molecule has 0 amide bonds. The van der Waals surface area contributed by atoms with Crippen LogP contribution in [-0.4, -0.2) is 34.5 Å². The highest BCUT2D eigenvalue weighted by atomic mass is 35.5. The van der Waals surface area contributed by atoms with Crippen LogP contribution in [0.4, 0.5) is 5.95 Å². The first-order valence-corrected chi connectivity index (χ1v) is 9.62. The predicted molar refractivity (Wildman–Crippen MR) is 102 cm³/mol. The Bertz CT molecular complexity index is 740. The van der Waals surface area contributed by atoms with Crippen LogP contribution >= 0.6 is 11.6 Å². The van der Waals surface area contributed by atoms with E-state index in [1.807, 2.05) is 24.4 Å². The van der Waals surface area contributed by atoms with E-state index in [0.717, 1.165) is 56.0 Å². The van der Waals surface area contributed by atoms with E-state index in [1.54, 1.807) is 0 Å². The summed E-state index contributed by atoms with van der Waals surface area (Å²) >= 11 is 6.30. The number of rotatable bonds is 3. The second-order valence-corrected chi connectivity index (χ2v) is 7.77. The summed E-state index contributed by atoms with van der Waals surface area (Å²) in [6.07, 6.45) is 5.51. The fourth-order valence-electron chi connectivity index (χ4n) is 3.73. The molecule has 5 heteroatoms. The van der Waals surface area contributed by atoms with Crippen molar-refractivity contribution in [3.8, 4) is 0 Å². The van der Waals surface area contributed by atoms with E-state index in [9.17, 15) is 0 Å². The van der Waals surface area contributed by atoms with Gasteiger partial charge in [-0.1, -0.05) is 36.7 Å². The van der Waals surface area contributed by atoms with E-state index < -0.39 is 0 Å². The third-order valence-corrected chi connectivity index (χ3v) is 5.79. The molecule has 1 fully saturated rings. The SMILES string of the molecule is CC1CCN(c2ncc3c(n2)CCN(Cc2ccccc2Cl)C3)CC1. The molecule has 0 aliphatic carbocycles. The lowest BCUT2D eigenvalue weighted by Crippen LogP contribution is -2.35. The first-order chi connectivity index (χ1) is 12.2. The molecular weight excluding hydrogens is 332 g/mol. The van der Waals surface area contributed by atoms with Gasteiger partial charge in [0.05, 0.1) is 5.69 Å². The van der Waals surface area contributed by atoms with Gasteiger partial charge in [0.1, 0.15) is 0 Å². The summed E-state index contributed by atoms with van der Waals surface area (Å²) in [5.74, 6) is 1.75. The summed E-state index contributed by atoms with van der Waals surface area (Å²) in [5, 5.41) is 0.847. The molecule has 4 nitrogen and oxygen atoms in total. The Labute approximate surface area is 154 Å². The predicted octanol–water partition coefficient (Wildman–Crippen LogP) is 3.92. The number of aromatic nitrogens is 2. The summed E-state index contributed by atoms with van der Waals surface area (Å²) < 4.78 is 0. The van der Waals surface area contributed by atoms with Gasteiger partial charge in [-0.05, 0) is 30.4 Å². The summed E-state index contributed by atoms with van der Waals surface area (Å²) in [4.78, 5) is 14.3. The minimum Gasteiger partial charge on any atom is -0.341 e. The Hall–Kier alpha value is -1.65. The second kappa shape index (κ2) is 7.30. The van der Waals surface area contributed by atoms with Gasteiger partial charge in [-0.25, -0.2) is 9.97 Å². The van der Waals surface area contributed by atoms with Crippen LogP contribution in [0.1, 0.15) is 36.6 Å². The average molecular weight is 357 g/mol. The van der Waals surface area contributed by atoms with Crippen LogP contribution in [0.5, 0.6) is 0 Å². The molecule has 2 aliphatic rings. The van der Waals surface area contributed by atoms with Crippen molar-refractivity contribution >= 4 is 17.5 Å². The summed E-state index contributed by atoms with van der Waals surface area (Å²) in [7, 11) is 0. The zero-order valence-electron chi connectivity index (χ0n) is 14.8. The number of piperidine rings is 1. The van der Waals surface area contributed by atoms with Crippen LogP contribution in [0.3, 0.4) is 0 Å². The lowest BCUT2D eigenvalue weighted by Gasteiger charge is -2.32. The van der Waals surface area contributed by atoms with Crippen molar-refractivity contribution in [3.05, 3.63) is 52.3 Å². The molecule has 0 atom stereocenters. The number of halogens is 1. The normalized spacial score (nSPS) is 19.0. The molecular formula is C20H25ClN4. The van der Waals surface area contributed by atoms with Gasteiger partial charge in [0.15, 0.2) is 0 Å². The Morgan fingerprint density at radius 3 is 2.76 bits per heavy atom. The van der Waals surface area contributed by atoms with Crippen LogP contribution in [0, 0.1) is 5.92 Å². The molecule has 2 aromatic rings. The fourth-order valence-corrected chi connectivity index (χ4v) is 3.92. The van der Waals surface area contributed by atoms with Crippen LogP contribution in [0.25, 0.3) is 0 Å². The number of nitrogens with zero attached hydrogens (tertiary/aromatic N) is 4. The number of hydrogen-bond acceptors (Lipinski definition) is 4. The van der Waals surface area contributed by atoms with Crippen molar-refractivity contribution in [2.45, 2.75) is 39.3 Å². The standard InChI is InChI=1S/C20H25ClN4/c1-15-6-10-25(11-7-15)20-22-12-17-14-24(9-8-19(17)23-20)13-16-4-2-3-5-18(16)21/h2-5,12,15H,6-11,13-14H2,1H3. The van der Waals surface area contributed by atoms with Crippen LogP contribution in [0.15, 0.2) is 30.5 Å². The molecule has 3 heterocycles. The maximum atomic E-state index is 6.30. The molecule has 0 N–H and O–H groups in total. The number of fused-ring (bicyclic) bond motifs is 1. The Balaban J connectivity index is 1.44. The maximum absolute atomic E-state index is 6.30. The van der Waals surface area contributed by atoms with Crippen molar-refractivity contribution in [2.24, 2.45) is 5.92 Å². The summed E-state index contributed by atoms with van der Waals surface area (Å²) in [6.45, 7) is 7.30. The third kappa shape index (κ3) is 3.80. The summed E-state index contributed by atoms with van der Waals surface area (Å²) in [5.41, 5.74) is 3.67. The number of benzene rings is 1. The number of hydrogen-bond donors (Lipinski definition) is 0. The number of anilines is 1. The van der Waals surface area contributed by atoms with Crippen molar-refractivity contribution in [2.75, 3.05) is 24.5 Å². The largest absolute Gasteiger partial charge is 0.341 e. The van der Waals surface area contributed by atoms with Crippen LogP contribution < -0.4 is 4.90 Å². The van der Waals surface area contributed by atoms with E-state index >= 15 is 0 Å². The second-order valence-electron chi connectivity index (χ2n) is 7.36. The maximum Gasteiger partial charge on any atom is 0.225 e. The molecule has 25 heavy (non-hydrogen) atoms. The first-order valence-electron chi connectivity index (χ1n) is 9.24. The van der Waals surface area contributed by atoms with Gasteiger partial charge in [0.2, 0.25) is 5.95 Å². The fraction of sp³-hybridized carbons (Fsp3) is 0.500. The van der Waals surface area contributed by atoms with E-state index in [0.29, 0.717) is 0 Å². The molecule has 4 rings (SSSR count). The molecule has 1 aromatic heterocycles. The average Bonchev–Trinajstić information content (AvgIpc) is 2.64. The van der Waals surface area contributed by atoms with Gasteiger partial charge in [-0.15, -0.1) is 0 Å². The van der Waals surface area contributed by atoms with E-state index in [2.05, 4.69) is 27.8 Å². The van der Waals surface area contributed by atoms with Gasteiger partial charge in [-0.2, -0.15) is 0 Å². The Kier molecular flexibility index (Phi) is 4.91. The molecule has 2 aliphatic heterocycles. The highest BCUT2D eigenvalue weighted by molar-refractivity contribution is 6.31. The molecule has 0 unspecified atom stereocenters. The van der Waals surface area contributed by atoms with Gasteiger partial charge in [0, 0.05) is 55.9 Å². The van der Waals surface area contributed by atoms with Gasteiger partial charge >= 0.3 is 0 Å². The molecule has 0 radical (unpaired) electrons. The highest BCUT2D eigenvalue weighted by Crippen LogP contribution is 2.25. The van der Waals surface area contributed by atoms with Crippen molar-refractivity contribution < 1.29 is 0 Å². The lowest BCUT2D eigenvalue weighted by molar-refractivity contribution is 0.243. The Morgan fingerprint density at radius 2 is 1.96 bits per heavy atom. The first kappa shape index (κ1) is 16.8. The molecule has 0 bridgehead atoms. The third-order valence-electron chi connectivity index (χ3n) is 5.42. The minimum absolute atomic E-state index is 0.826. The minimum atomic E-state index is 0.826. The van der Waals surface area contributed by atoms with Crippen LogP contribution in [-0.2, 0) is 19.5 Å². The quantitative estimate of drug-likeness (QED) is 0.834. The molecule has 1 aromatic carbocycles. The van der Waals surface area contributed by atoms with E-state index in [4.69, 9.17) is 16.6 Å². The van der Waals surface area contributed by atoms with Crippen molar-refractivity contribution in [1.82, 2.24) is 14.9 Å². The van der Waals surface area contributed by atoms with E-state index in [1.165, 1.54) is 29.7 Å². The Morgan fingerprint density at radius 1 is 1.16 bits per heavy atom. The van der Waals surface area contributed by atoms with Gasteiger partial charge < -0.3 is 4.90 Å². The topological polar surface area (TPSA) is 32.3 Å².